The average Bonchev–Trinajstić information content (AvgIpc) is 3.73. The first-order valence-corrected chi connectivity index (χ1v) is 13.5. The van der Waals surface area contributed by atoms with Crippen LogP contribution in [-0.2, 0) is 4.79 Å². The van der Waals surface area contributed by atoms with Gasteiger partial charge in [-0.25, -0.2) is 14.4 Å². The van der Waals surface area contributed by atoms with E-state index in [9.17, 15) is 4.79 Å². The Morgan fingerprint density at radius 3 is 2.72 bits per heavy atom. The van der Waals surface area contributed by atoms with Gasteiger partial charge in [0.1, 0.15) is 16.9 Å². The summed E-state index contributed by atoms with van der Waals surface area (Å²) in [6, 6.07) is 3.68. The van der Waals surface area contributed by atoms with E-state index in [0.717, 1.165) is 62.8 Å². The van der Waals surface area contributed by atoms with Crippen molar-refractivity contribution in [2.75, 3.05) is 23.3 Å². The highest BCUT2D eigenvalue weighted by molar-refractivity contribution is 5.97. The molecule has 6 heterocycles. The van der Waals surface area contributed by atoms with E-state index in [1.165, 1.54) is 12.6 Å². The molecule has 2 aliphatic rings. The number of hydrogen-bond acceptors (Lipinski definition) is 7. The van der Waals surface area contributed by atoms with Crippen LogP contribution in [0.25, 0.3) is 44.8 Å². The fourth-order valence-electron chi connectivity index (χ4n) is 5.82. The van der Waals surface area contributed by atoms with Gasteiger partial charge in [0, 0.05) is 37.0 Å². The molecular formula is C28H28FN9O. The third kappa shape index (κ3) is 4.27. The van der Waals surface area contributed by atoms with E-state index >= 15 is 4.39 Å². The summed E-state index contributed by atoms with van der Waals surface area (Å²) in [7, 11) is 0. The number of fused-ring (bicyclic) bond motifs is 2. The smallest absolute Gasteiger partial charge is 0.227 e. The minimum absolute atomic E-state index is 0.0158. The fourth-order valence-corrected chi connectivity index (χ4v) is 5.82. The second-order valence-electron chi connectivity index (χ2n) is 10.4. The molecule has 1 aliphatic carbocycles. The molecule has 0 bridgehead atoms. The number of H-pyrrole nitrogens is 2. The Kier molecular flexibility index (Phi) is 5.90. The van der Waals surface area contributed by atoms with Crippen molar-refractivity contribution < 1.29 is 9.18 Å². The molecule has 1 amide bonds. The maximum atomic E-state index is 16.1. The summed E-state index contributed by atoms with van der Waals surface area (Å²) in [5, 5.41) is 10.5. The summed E-state index contributed by atoms with van der Waals surface area (Å²) >= 11 is 0. The number of imidazole rings is 1. The summed E-state index contributed by atoms with van der Waals surface area (Å²) in [6.07, 6.45) is 13.9. The van der Waals surface area contributed by atoms with Crippen molar-refractivity contribution in [2.24, 2.45) is 5.92 Å². The largest absolute Gasteiger partial charge is 0.370 e. The molecule has 1 aliphatic heterocycles. The van der Waals surface area contributed by atoms with E-state index in [1.54, 1.807) is 24.7 Å². The summed E-state index contributed by atoms with van der Waals surface area (Å²) in [4.78, 5) is 36.0. The van der Waals surface area contributed by atoms with E-state index in [4.69, 9.17) is 4.98 Å². The van der Waals surface area contributed by atoms with E-state index in [2.05, 4.69) is 40.3 Å². The zero-order valence-corrected chi connectivity index (χ0v) is 21.4. The first kappa shape index (κ1) is 23.7. The molecule has 7 rings (SSSR count). The lowest BCUT2D eigenvalue weighted by atomic mass is 10.1. The van der Waals surface area contributed by atoms with Crippen molar-refractivity contribution >= 4 is 39.3 Å². The van der Waals surface area contributed by atoms with Crippen LogP contribution >= 0.6 is 0 Å². The number of halogens is 1. The number of carbonyl (C=O) groups is 1. The number of carbonyl (C=O) groups excluding carboxylic acids is 1. The summed E-state index contributed by atoms with van der Waals surface area (Å²) in [5.74, 6) is -0.112. The fraction of sp³-hybridized carbons (Fsp3) is 0.357. The predicted molar refractivity (Wildman–Crippen MR) is 147 cm³/mol. The highest BCUT2D eigenvalue weighted by Gasteiger charge is 2.24. The molecule has 1 saturated carbocycles. The second kappa shape index (κ2) is 9.72. The normalized spacial score (nSPS) is 16.4. The van der Waals surface area contributed by atoms with Gasteiger partial charge in [-0.15, -0.1) is 0 Å². The average molecular weight is 526 g/mol. The number of hydrogen-bond donors (Lipinski definition) is 3. The third-order valence-corrected chi connectivity index (χ3v) is 7.83. The van der Waals surface area contributed by atoms with Gasteiger partial charge in [-0.1, -0.05) is 12.8 Å². The van der Waals surface area contributed by atoms with Gasteiger partial charge in [0.05, 0.1) is 34.7 Å². The standard InChI is InChI=1S/C28H28FN9O/c29-22-21-19(15-32-23(22)17-12-18(14-30-13-17)33-28(39)16-6-2-3-7-16)36-37-25(21)27-34-24-20(8-9-31-26(24)35-27)38-10-4-1-5-11-38/h8-9,12-16H,1-7,10-11H2,(H,33,39)(H,36,37)(H,31,34,35). The first-order chi connectivity index (χ1) is 19.2. The minimum atomic E-state index is -0.540. The van der Waals surface area contributed by atoms with Crippen LogP contribution < -0.4 is 10.2 Å². The number of rotatable bonds is 5. The lowest BCUT2D eigenvalue weighted by Gasteiger charge is -2.28. The SMILES string of the molecule is O=C(Nc1cncc(-c2ncc3[nH]nc(-c4nc5c(N6CCCCC6)ccnc5[nH]4)c3c2F)c1)C1CCCC1. The molecular weight excluding hydrogens is 497 g/mol. The van der Waals surface area contributed by atoms with Gasteiger partial charge in [-0.05, 0) is 44.2 Å². The molecule has 10 nitrogen and oxygen atoms in total. The Hall–Kier alpha value is -4.41. The zero-order chi connectivity index (χ0) is 26.3. The lowest BCUT2D eigenvalue weighted by Crippen LogP contribution is -2.29. The molecule has 5 aromatic rings. The van der Waals surface area contributed by atoms with Crippen LogP contribution in [0, 0.1) is 11.7 Å². The maximum absolute atomic E-state index is 16.1. The Morgan fingerprint density at radius 1 is 1.03 bits per heavy atom. The van der Waals surface area contributed by atoms with Crippen molar-refractivity contribution in [1.82, 2.24) is 35.1 Å². The molecule has 0 radical (unpaired) electrons. The van der Waals surface area contributed by atoms with Gasteiger partial charge in [0.2, 0.25) is 5.91 Å². The number of nitrogens with zero attached hydrogens (tertiary/aromatic N) is 6. The second-order valence-corrected chi connectivity index (χ2v) is 10.4. The van der Waals surface area contributed by atoms with Crippen molar-refractivity contribution in [3.63, 3.8) is 0 Å². The quantitative estimate of drug-likeness (QED) is 0.287. The first-order valence-electron chi connectivity index (χ1n) is 13.5. The van der Waals surface area contributed by atoms with Crippen LogP contribution in [0.2, 0.25) is 0 Å². The molecule has 0 atom stereocenters. The van der Waals surface area contributed by atoms with Gasteiger partial charge >= 0.3 is 0 Å². The predicted octanol–water partition coefficient (Wildman–Crippen LogP) is 5.22. The van der Waals surface area contributed by atoms with Gasteiger partial charge in [0.25, 0.3) is 0 Å². The van der Waals surface area contributed by atoms with Gasteiger partial charge in [-0.2, -0.15) is 5.10 Å². The topological polar surface area (TPSA) is 128 Å². The molecule has 5 aromatic heterocycles. The number of piperidine rings is 1. The molecule has 198 valence electrons. The number of aromatic nitrogens is 7. The Bertz CT molecular complexity index is 1680. The molecule has 2 fully saturated rings. The van der Waals surface area contributed by atoms with E-state index in [-0.39, 0.29) is 22.9 Å². The van der Waals surface area contributed by atoms with Crippen molar-refractivity contribution in [3.05, 3.63) is 42.7 Å². The maximum Gasteiger partial charge on any atom is 0.227 e. The van der Waals surface area contributed by atoms with Crippen LogP contribution in [0.3, 0.4) is 0 Å². The minimum Gasteiger partial charge on any atom is -0.370 e. The van der Waals surface area contributed by atoms with Gasteiger partial charge in [0.15, 0.2) is 17.3 Å². The van der Waals surface area contributed by atoms with Crippen molar-refractivity contribution in [1.29, 1.82) is 0 Å². The molecule has 0 aromatic carbocycles. The van der Waals surface area contributed by atoms with Crippen molar-refractivity contribution in [3.8, 4) is 22.8 Å². The van der Waals surface area contributed by atoms with E-state index < -0.39 is 5.82 Å². The van der Waals surface area contributed by atoms with E-state index in [1.807, 2.05) is 6.07 Å². The number of amides is 1. The number of anilines is 2. The van der Waals surface area contributed by atoms with Crippen LogP contribution in [0.15, 0.2) is 36.9 Å². The molecule has 11 heteroatoms. The number of nitrogens with one attached hydrogen (secondary N) is 3. The van der Waals surface area contributed by atoms with Crippen LogP contribution in [-0.4, -0.2) is 54.1 Å². The van der Waals surface area contributed by atoms with Gasteiger partial charge < -0.3 is 15.2 Å². The summed E-state index contributed by atoms with van der Waals surface area (Å²) < 4.78 is 16.1. The molecule has 0 spiro atoms. The lowest BCUT2D eigenvalue weighted by molar-refractivity contribution is -0.119. The Labute approximate surface area is 223 Å². The number of aromatic amines is 2. The van der Waals surface area contributed by atoms with E-state index in [0.29, 0.717) is 33.9 Å². The highest BCUT2D eigenvalue weighted by atomic mass is 19.1. The summed E-state index contributed by atoms with van der Waals surface area (Å²) in [6.45, 7) is 1.95. The van der Waals surface area contributed by atoms with Crippen LogP contribution in [0.4, 0.5) is 15.8 Å². The molecule has 39 heavy (non-hydrogen) atoms. The molecule has 1 saturated heterocycles. The van der Waals surface area contributed by atoms with Crippen LogP contribution in [0.5, 0.6) is 0 Å². The zero-order valence-electron chi connectivity index (χ0n) is 21.4. The third-order valence-electron chi connectivity index (χ3n) is 7.83. The van der Waals surface area contributed by atoms with Gasteiger partial charge in [-0.3, -0.25) is 19.9 Å². The van der Waals surface area contributed by atoms with Crippen molar-refractivity contribution in [2.45, 2.75) is 44.9 Å². The highest BCUT2D eigenvalue weighted by Crippen LogP contribution is 2.34. The Balaban J connectivity index is 1.25. The van der Waals surface area contributed by atoms with Crippen LogP contribution in [0.1, 0.15) is 44.9 Å². The monoisotopic (exact) mass is 525 g/mol. The molecule has 3 N–H and O–H groups in total. The summed E-state index contributed by atoms with van der Waals surface area (Å²) in [5.41, 5.74) is 4.31. The number of pyridine rings is 3. The molecule has 0 unspecified atom stereocenters. The Morgan fingerprint density at radius 2 is 1.87 bits per heavy atom.